The molecule has 2 aliphatic heterocycles. The van der Waals surface area contributed by atoms with Crippen LogP contribution < -0.4 is 5.32 Å². The molecule has 9 N–H and O–H groups in total. The SMILES string of the molecule is CCCCCCCCCCCCCCCCCCCCCC/C=C/CC/C=C/C(O)C(COC1OC(CO)C(OC2OC(CO)C(O)C(O)C2O)C(O)C1O)NC(=O)CCCCCCCCCCCCCCCCCCCCCCCCCCCCCCCCCCCCCCC. The first kappa shape index (κ1) is 91.6. The summed E-state index contributed by atoms with van der Waals surface area (Å²) >= 11 is 0. The molecule has 0 aromatic carbocycles. The van der Waals surface area contributed by atoms with Gasteiger partial charge in [0.05, 0.1) is 32.0 Å². The summed E-state index contributed by atoms with van der Waals surface area (Å²) in [6, 6.07) is -0.931. The van der Waals surface area contributed by atoms with E-state index < -0.39 is 86.8 Å². The predicted molar refractivity (Wildman–Crippen MR) is 402 cm³/mol. The van der Waals surface area contributed by atoms with Gasteiger partial charge in [-0.2, -0.15) is 0 Å². The Morgan fingerprint density at radius 2 is 0.660 bits per heavy atom. The van der Waals surface area contributed by atoms with Crippen LogP contribution in [-0.2, 0) is 23.7 Å². The molecule has 0 bridgehead atoms. The molecule has 574 valence electrons. The molecule has 14 nitrogen and oxygen atoms in total. The molecular formula is C83H159NO13. The van der Waals surface area contributed by atoms with Crippen molar-refractivity contribution < 1.29 is 64.6 Å². The van der Waals surface area contributed by atoms with Gasteiger partial charge in [0, 0.05) is 6.42 Å². The highest BCUT2D eigenvalue weighted by Crippen LogP contribution is 2.30. The predicted octanol–water partition coefficient (Wildman–Crippen LogP) is 19.4. The second-order valence-corrected chi connectivity index (χ2v) is 30.0. The summed E-state index contributed by atoms with van der Waals surface area (Å²) < 4.78 is 22.9. The molecule has 0 saturated carbocycles. The zero-order chi connectivity index (χ0) is 70.1. The first-order chi connectivity index (χ1) is 47.6. The third-order valence-corrected chi connectivity index (χ3v) is 20.9. The normalized spacial score (nSPS) is 22.2. The number of ether oxygens (including phenoxy) is 4. The molecule has 0 aromatic rings. The van der Waals surface area contributed by atoms with Gasteiger partial charge >= 0.3 is 0 Å². The minimum absolute atomic E-state index is 0.239. The summed E-state index contributed by atoms with van der Waals surface area (Å²) in [5.41, 5.74) is 0. The van der Waals surface area contributed by atoms with E-state index in [0.29, 0.717) is 12.8 Å². The molecule has 2 saturated heterocycles. The molecular weight excluding hydrogens is 1220 g/mol. The van der Waals surface area contributed by atoms with Gasteiger partial charge in [-0.15, -0.1) is 0 Å². The van der Waals surface area contributed by atoms with Gasteiger partial charge in [-0.05, 0) is 32.1 Å². The second kappa shape index (κ2) is 67.6. The van der Waals surface area contributed by atoms with Gasteiger partial charge in [-0.25, -0.2) is 0 Å². The molecule has 97 heavy (non-hydrogen) atoms. The van der Waals surface area contributed by atoms with Crippen molar-refractivity contribution in [3.05, 3.63) is 24.3 Å². The van der Waals surface area contributed by atoms with Gasteiger partial charge in [0.15, 0.2) is 12.6 Å². The van der Waals surface area contributed by atoms with Crippen LogP contribution in [0.25, 0.3) is 0 Å². The maximum atomic E-state index is 13.4. The van der Waals surface area contributed by atoms with E-state index in [1.54, 1.807) is 6.08 Å². The first-order valence-electron chi connectivity index (χ1n) is 42.1. The molecule has 12 atom stereocenters. The molecule has 0 radical (unpaired) electrons. The Hall–Kier alpha value is -1.53. The van der Waals surface area contributed by atoms with Crippen LogP contribution in [0.4, 0.5) is 0 Å². The summed E-state index contributed by atoms with van der Waals surface area (Å²) in [6.07, 6.45) is 71.5. The van der Waals surface area contributed by atoms with E-state index >= 15 is 0 Å². The Morgan fingerprint density at radius 1 is 0.361 bits per heavy atom. The van der Waals surface area contributed by atoms with Crippen LogP contribution in [0.15, 0.2) is 24.3 Å². The van der Waals surface area contributed by atoms with Crippen LogP contribution in [0.2, 0.25) is 0 Å². The minimum atomic E-state index is -1.79. The molecule has 2 fully saturated rings. The molecule has 0 spiro atoms. The average Bonchev–Trinajstić information content (AvgIpc) is 0.795. The van der Waals surface area contributed by atoms with Crippen molar-refractivity contribution in [2.24, 2.45) is 0 Å². The Morgan fingerprint density at radius 3 is 1.01 bits per heavy atom. The van der Waals surface area contributed by atoms with Crippen molar-refractivity contribution in [3.63, 3.8) is 0 Å². The van der Waals surface area contributed by atoms with E-state index in [4.69, 9.17) is 18.9 Å². The highest BCUT2D eigenvalue weighted by Gasteiger charge is 2.51. The van der Waals surface area contributed by atoms with Crippen molar-refractivity contribution in [1.82, 2.24) is 5.32 Å². The van der Waals surface area contributed by atoms with E-state index in [1.807, 2.05) is 6.08 Å². The lowest BCUT2D eigenvalue weighted by molar-refractivity contribution is -0.359. The molecule has 12 unspecified atom stereocenters. The molecule has 2 aliphatic rings. The fourth-order valence-corrected chi connectivity index (χ4v) is 14.3. The van der Waals surface area contributed by atoms with Gasteiger partial charge in [-0.1, -0.05) is 391 Å². The standard InChI is InChI=1S/C83H159NO13/c1-3-5-7-9-11-13-15-17-19-21-23-25-27-29-31-32-33-34-35-36-37-38-39-40-41-43-45-47-49-51-53-55-57-59-61-63-65-67-75(88)84-71(70-94-82-80(93)78(91)81(74(69-86)96-82)97-83-79(92)77(90)76(89)73(68-85)95-83)72(87)66-64-62-60-58-56-54-52-50-48-46-44-42-30-28-26-24-22-20-18-16-14-12-10-8-6-4-2/h56,58,64,66,71-74,76-83,85-87,89-93H,3-55,57,59-63,65,67-70H2,1-2H3,(H,84,88)/b58-56+,66-64+. The van der Waals surface area contributed by atoms with E-state index in [9.17, 15) is 45.6 Å². The number of nitrogens with one attached hydrogen (secondary N) is 1. The van der Waals surface area contributed by atoms with Gasteiger partial charge in [0.25, 0.3) is 0 Å². The lowest BCUT2D eigenvalue weighted by Gasteiger charge is -2.46. The number of carbonyl (C=O) groups excluding carboxylic acids is 1. The van der Waals surface area contributed by atoms with E-state index in [2.05, 4.69) is 31.3 Å². The Kier molecular flexibility index (Phi) is 63.8. The van der Waals surface area contributed by atoms with Crippen LogP contribution in [-0.4, -0.2) is 140 Å². The van der Waals surface area contributed by atoms with E-state index in [1.165, 1.54) is 340 Å². The number of hydrogen-bond donors (Lipinski definition) is 9. The number of amides is 1. The lowest BCUT2D eigenvalue weighted by atomic mass is 9.97. The van der Waals surface area contributed by atoms with Crippen LogP contribution >= 0.6 is 0 Å². The molecule has 0 aliphatic carbocycles. The number of allylic oxidation sites excluding steroid dienone is 3. The molecule has 2 rings (SSSR count). The Bertz CT molecular complexity index is 1720. The second-order valence-electron chi connectivity index (χ2n) is 30.0. The number of rotatable bonds is 72. The maximum Gasteiger partial charge on any atom is 0.220 e. The highest BCUT2D eigenvalue weighted by atomic mass is 16.7. The smallest absolute Gasteiger partial charge is 0.220 e. The summed E-state index contributed by atoms with van der Waals surface area (Å²) in [4.78, 5) is 13.4. The molecule has 14 heteroatoms. The van der Waals surface area contributed by atoms with Crippen LogP contribution in [0.5, 0.6) is 0 Å². The lowest BCUT2D eigenvalue weighted by Crippen LogP contribution is -2.65. The summed E-state index contributed by atoms with van der Waals surface area (Å²) in [5, 5.41) is 87.7. The zero-order valence-electron chi connectivity index (χ0n) is 63.1. The topological polar surface area (TPSA) is 228 Å². The van der Waals surface area contributed by atoms with Crippen LogP contribution in [0.1, 0.15) is 406 Å². The Balaban J connectivity index is 1.58. The third kappa shape index (κ3) is 50.5. The van der Waals surface area contributed by atoms with Gasteiger partial charge in [-0.3, -0.25) is 4.79 Å². The fourth-order valence-electron chi connectivity index (χ4n) is 14.3. The third-order valence-electron chi connectivity index (χ3n) is 20.9. The number of carbonyl (C=O) groups is 1. The van der Waals surface area contributed by atoms with Crippen molar-refractivity contribution in [2.75, 3.05) is 19.8 Å². The number of hydrogen-bond acceptors (Lipinski definition) is 13. The first-order valence-corrected chi connectivity index (χ1v) is 42.1. The van der Waals surface area contributed by atoms with Crippen molar-refractivity contribution in [1.29, 1.82) is 0 Å². The van der Waals surface area contributed by atoms with Crippen LogP contribution in [0.3, 0.4) is 0 Å². The number of aliphatic hydroxyl groups excluding tert-OH is 8. The minimum Gasteiger partial charge on any atom is -0.394 e. The number of unbranched alkanes of at least 4 members (excludes halogenated alkanes) is 57. The highest BCUT2D eigenvalue weighted by molar-refractivity contribution is 5.76. The molecule has 2 heterocycles. The fraction of sp³-hybridized carbons (Fsp3) is 0.940. The van der Waals surface area contributed by atoms with Crippen molar-refractivity contribution in [2.45, 2.75) is 479 Å². The van der Waals surface area contributed by atoms with Crippen LogP contribution in [0, 0.1) is 0 Å². The molecule has 1 amide bonds. The number of aliphatic hydroxyl groups is 8. The van der Waals surface area contributed by atoms with E-state index in [0.717, 1.165) is 32.1 Å². The van der Waals surface area contributed by atoms with Gasteiger partial charge < -0.3 is 65.1 Å². The summed E-state index contributed by atoms with van der Waals surface area (Å²) in [5.74, 6) is -0.239. The zero-order valence-corrected chi connectivity index (χ0v) is 63.1. The largest absolute Gasteiger partial charge is 0.394 e. The molecule has 0 aromatic heterocycles. The summed E-state index contributed by atoms with van der Waals surface area (Å²) in [6.45, 7) is 2.86. The van der Waals surface area contributed by atoms with Crippen molar-refractivity contribution >= 4 is 5.91 Å². The quantitative estimate of drug-likeness (QED) is 0.0204. The monoisotopic (exact) mass is 1380 g/mol. The van der Waals surface area contributed by atoms with Gasteiger partial charge in [0.1, 0.15) is 48.8 Å². The Labute approximate surface area is 596 Å². The van der Waals surface area contributed by atoms with Crippen molar-refractivity contribution in [3.8, 4) is 0 Å². The average molecular weight is 1380 g/mol. The van der Waals surface area contributed by atoms with E-state index in [-0.39, 0.29) is 18.9 Å². The summed E-state index contributed by atoms with van der Waals surface area (Å²) in [7, 11) is 0. The van der Waals surface area contributed by atoms with Gasteiger partial charge in [0.2, 0.25) is 5.91 Å². The maximum absolute atomic E-state index is 13.4.